The summed E-state index contributed by atoms with van der Waals surface area (Å²) in [6, 6.07) is 6.21. The minimum Gasteiger partial charge on any atom is -0.396 e. The van der Waals surface area contributed by atoms with E-state index < -0.39 is 0 Å². The molecule has 0 aliphatic rings. The molecule has 0 aliphatic heterocycles. The van der Waals surface area contributed by atoms with Crippen LogP contribution in [0.5, 0.6) is 0 Å². The second-order valence-corrected chi connectivity index (χ2v) is 3.65. The highest BCUT2D eigenvalue weighted by Crippen LogP contribution is 2.18. The first kappa shape index (κ1) is 10.8. The number of hydrogen-bond acceptors (Lipinski definition) is 2. The molecule has 0 aliphatic carbocycles. The van der Waals surface area contributed by atoms with E-state index >= 15 is 0 Å². The Morgan fingerprint density at radius 2 is 2.00 bits per heavy atom. The molecule has 0 radical (unpaired) electrons. The van der Waals surface area contributed by atoms with Crippen LogP contribution in [0.3, 0.4) is 0 Å². The Kier molecular flexibility index (Phi) is 3.01. The van der Waals surface area contributed by atoms with Gasteiger partial charge < -0.3 is 9.67 Å². The molecule has 4 heteroatoms. The monoisotopic (exact) mass is 220 g/mol. The molecule has 0 atom stereocenters. The minimum atomic E-state index is -0.256. The van der Waals surface area contributed by atoms with E-state index in [0.29, 0.717) is 6.42 Å². The van der Waals surface area contributed by atoms with Crippen LogP contribution >= 0.6 is 0 Å². The second-order valence-electron chi connectivity index (χ2n) is 3.65. The first-order chi connectivity index (χ1) is 7.70. The number of benzene rings is 1. The highest BCUT2D eigenvalue weighted by molar-refractivity contribution is 5.55. The van der Waals surface area contributed by atoms with E-state index in [1.54, 1.807) is 12.1 Å². The zero-order chi connectivity index (χ0) is 11.5. The molecule has 0 saturated heterocycles. The molecule has 1 N–H and O–H groups in total. The molecule has 84 valence electrons. The molecule has 3 nitrogen and oxygen atoms in total. The number of rotatable bonds is 3. The van der Waals surface area contributed by atoms with E-state index in [0.717, 1.165) is 17.1 Å². The summed E-state index contributed by atoms with van der Waals surface area (Å²) in [5.41, 5.74) is 1.71. The Balaban J connectivity index is 2.36. The van der Waals surface area contributed by atoms with Gasteiger partial charge in [0.05, 0.1) is 5.69 Å². The van der Waals surface area contributed by atoms with Crippen LogP contribution < -0.4 is 0 Å². The first-order valence-corrected chi connectivity index (χ1v) is 5.10. The molecule has 16 heavy (non-hydrogen) atoms. The van der Waals surface area contributed by atoms with Gasteiger partial charge in [-0.05, 0) is 24.3 Å². The summed E-state index contributed by atoms with van der Waals surface area (Å²) in [6.07, 6.45) is 2.41. The van der Waals surface area contributed by atoms with Gasteiger partial charge in [0, 0.05) is 31.8 Å². The van der Waals surface area contributed by atoms with Crippen molar-refractivity contribution < 1.29 is 9.50 Å². The molecule has 0 amide bonds. The number of hydrogen-bond donors (Lipinski definition) is 1. The molecular formula is C12H13FN2O. The van der Waals surface area contributed by atoms with Crippen LogP contribution in [0.4, 0.5) is 4.39 Å². The van der Waals surface area contributed by atoms with Crippen LogP contribution in [0.1, 0.15) is 5.69 Å². The lowest BCUT2D eigenvalue weighted by Crippen LogP contribution is -1.91. The number of aliphatic hydroxyl groups excluding tert-OH is 1. The fourth-order valence-electron chi connectivity index (χ4n) is 1.63. The third-order valence-corrected chi connectivity index (χ3v) is 2.40. The smallest absolute Gasteiger partial charge is 0.139 e. The quantitative estimate of drug-likeness (QED) is 0.856. The summed E-state index contributed by atoms with van der Waals surface area (Å²) in [4.78, 5) is 4.38. The largest absolute Gasteiger partial charge is 0.396 e. The number of imidazole rings is 1. The van der Waals surface area contributed by atoms with Gasteiger partial charge in [0.15, 0.2) is 0 Å². The van der Waals surface area contributed by atoms with Crippen molar-refractivity contribution in [3.8, 4) is 11.4 Å². The number of halogens is 1. The lowest BCUT2D eigenvalue weighted by atomic mass is 10.2. The SMILES string of the molecule is Cn1cc(CCO)nc1-c1ccc(F)cc1. The predicted octanol–water partition coefficient (Wildman–Crippen LogP) is 1.76. The van der Waals surface area contributed by atoms with Gasteiger partial charge >= 0.3 is 0 Å². The van der Waals surface area contributed by atoms with Gasteiger partial charge in [0.2, 0.25) is 0 Å². The Morgan fingerprint density at radius 3 is 2.62 bits per heavy atom. The summed E-state index contributed by atoms with van der Waals surface area (Å²) in [5.74, 6) is 0.525. The lowest BCUT2D eigenvalue weighted by Gasteiger charge is -2.00. The first-order valence-electron chi connectivity index (χ1n) is 5.10. The maximum absolute atomic E-state index is 12.8. The number of aromatic nitrogens is 2. The van der Waals surface area contributed by atoms with Crippen molar-refractivity contribution in [2.45, 2.75) is 6.42 Å². The third kappa shape index (κ3) is 2.12. The fourth-order valence-corrected chi connectivity index (χ4v) is 1.63. The van der Waals surface area contributed by atoms with E-state index in [-0.39, 0.29) is 12.4 Å². The molecule has 0 fully saturated rings. The number of nitrogens with zero attached hydrogens (tertiary/aromatic N) is 2. The predicted molar refractivity (Wildman–Crippen MR) is 59.4 cm³/mol. The van der Waals surface area contributed by atoms with Gasteiger partial charge in [-0.15, -0.1) is 0 Å². The van der Waals surface area contributed by atoms with E-state index in [4.69, 9.17) is 5.11 Å². The highest BCUT2D eigenvalue weighted by atomic mass is 19.1. The summed E-state index contributed by atoms with van der Waals surface area (Å²) in [7, 11) is 1.88. The third-order valence-electron chi connectivity index (χ3n) is 2.40. The van der Waals surface area contributed by atoms with Crippen molar-refractivity contribution in [1.82, 2.24) is 9.55 Å². The lowest BCUT2D eigenvalue weighted by molar-refractivity contribution is 0.298. The zero-order valence-electron chi connectivity index (χ0n) is 9.02. The van der Waals surface area contributed by atoms with E-state index in [9.17, 15) is 4.39 Å². The van der Waals surface area contributed by atoms with E-state index in [2.05, 4.69) is 4.98 Å². The standard InChI is InChI=1S/C12H13FN2O/c1-15-8-11(6-7-16)14-12(15)9-2-4-10(13)5-3-9/h2-5,8,16H,6-7H2,1H3. The molecule has 0 unspecified atom stereocenters. The minimum absolute atomic E-state index is 0.0832. The molecular weight excluding hydrogens is 207 g/mol. The molecule has 1 aromatic heterocycles. The molecule has 0 spiro atoms. The maximum atomic E-state index is 12.8. The molecule has 1 heterocycles. The molecule has 2 aromatic rings. The van der Waals surface area contributed by atoms with Crippen LogP contribution in [0.2, 0.25) is 0 Å². The average molecular weight is 220 g/mol. The highest BCUT2D eigenvalue weighted by Gasteiger charge is 2.07. The van der Waals surface area contributed by atoms with E-state index in [1.807, 2.05) is 17.8 Å². The zero-order valence-corrected chi connectivity index (χ0v) is 9.02. The normalized spacial score (nSPS) is 10.7. The molecule has 0 bridgehead atoms. The molecule has 1 aromatic carbocycles. The van der Waals surface area contributed by atoms with Crippen molar-refractivity contribution >= 4 is 0 Å². The van der Waals surface area contributed by atoms with Crippen molar-refractivity contribution in [3.63, 3.8) is 0 Å². The average Bonchev–Trinajstić information content (AvgIpc) is 2.61. The summed E-state index contributed by atoms with van der Waals surface area (Å²) in [6.45, 7) is 0.0832. The van der Waals surface area contributed by atoms with Gasteiger partial charge in [-0.1, -0.05) is 0 Å². The summed E-state index contributed by atoms with van der Waals surface area (Å²) < 4.78 is 14.6. The maximum Gasteiger partial charge on any atom is 0.139 e. The van der Waals surface area contributed by atoms with E-state index in [1.165, 1.54) is 12.1 Å². The van der Waals surface area contributed by atoms with Gasteiger partial charge in [-0.25, -0.2) is 9.37 Å². The van der Waals surface area contributed by atoms with Crippen LogP contribution in [0.15, 0.2) is 30.5 Å². The Bertz CT molecular complexity index is 476. The Hall–Kier alpha value is -1.68. The van der Waals surface area contributed by atoms with Crippen LogP contribution in [0, 0.1) is 5.82 Å². The van der Waals surface area contributed by atoms with Crippen molar-refractivity contribution in [2.75, 3.05) is 6.61 Å². The van der Waals surface area contributed by atoms with Gasteiger partial charge in [0.25, 0.3) is 0 Å². The fraction of sp³-hybridized carbons (Fsp3) is 0.250. The topological polar surface area (TPSA) is 38.0 Å². The van der Waals surface area contributed by atoms with Crippen LogP contribution in [0.25, 0.3) is 11.4 Å². The summed E-state index contributed by atoms with van der Waals surface area (Å²) >= 11 is 0. The van der Waals surface area contributed by atoms with Gasteiger partial charge in [0.1, 0.15) is 11.6 Å². The van der Waals surface area contributed by atoms with Crippen molar-refractivity contribution in [3.05, 3.63) is 42.0 Å². The van der Waals surface area contributed by atoms with Crippen LogP contribution in [-0.2, 0) is 13.5 Å². The van der Waals surface area contributed by atoms with Gasteiger partial charge in [-0.3, -0.25) is 0 Å². The number of aryl methyl sites for hydroxylation is 1. The molecule has 2 rings (SSSR count). The van der Waals surface area contributed by atoms with Crippen LogP contribution in [-0.4, -0.2) is 21.3 Å². The van der Waals surface area contributed by atoms with Crippen molar-refractivity contribution in [1.29, 1.82) is 0 Å². The Morgan fingerprint density at radius 1 is 1.31 bits per heavy atom. The Labute approximate surface area is 93.2 Å². The van der Waals surface area contributed by atoms with Crippen molar-refractivity contribution in [2.24, 2.45) is 7.05 Å². The molecule has 0 saturated carbocycles. The van der Waals surface area contributed by atoms with Gasteiger partial charge in [-0.2, -0.15) is 0 Å². The number of aliphatic hydroxyl groups is 1. The second kappa shape index (κ2) is 4.45. The summed E-state index contributed by atoms with van der Waals surface area (Å²) in [5, 5.41) is 8.83.